The van der Waals surface area contributed by atoms with E-state index in [0.717, 1.165) is 36.2 Å². The van der Waals surface area contributed by atoms with E-state index in [4.69, 9.17) is 4.74 Å². The van der Waals surface area contributed by atoms with Crippen molar-refractivity contribution in [1.29, 1.82) is 0 Å². The van der Waals surface area contributed by atoms with Crippen LogP contribution in [0.25, 0.3) is 0 Å². The van der Waals surface area contributed by atoms with Crippen molar-refractivity contribution in [2.75, 3.05) is 22.1 Å². The topological polar surface area (TPSA) is 87.7 Å². The summed E-state index contributed by atoms with van der Waals surface area (Å²) in [7, 11) is 0. The Kier molecular flexibility index (Phi) is 5.20. The molecular formula is C23H25N3O4. The fourth-order valence-corrected chi connectivity index (χ4v) is 4.03. The van der Waals surface area contributed by atoms with Crippen molar-refractivity contribution in [3.63, 3.8) is 0 Å². The Morgan fingerprint density at radius 1 is 1.20 bits per heavy atom. The van der Waals surface area contributed by atoms with Crippen LogP contribution in [-0.2, 0) is 14.3 Å². The summed E-state index contributed by atoms with van der Waals surface area (Å²) >= 11 is 0. The summed E-state index contributed by atoms with van der Waals surface area (Å²) in [6, 6.07) is 10.7. The van der Waals surface area contributed by atoms with Gasteiger partial charge in [0.1, 0.15) is 6.04 Å². The predicted octanol–water partition coefficient (Wildman–Crippen LogP) is 3.41. The number of rotatable bonds is 4. The molecule has 0 bridgehead atoms. The highest BCUT2D eigenvalue weighted by Crippen LogP contribution is 2.37. The average Bonchev–Trinajstić information content (AvgIpc) is 3.20. The fourth-order valence-electron chi connectivity index (χ4n) is 4.03. The molecule has 30 heavy (non-hydrogen) atoms. The highest BCUT2D eigenvalue weighted by Gasteiger charge is 2.36. The highest BCUT2D eigenvalue weighted by atomic mass is 16.5. The Bertz CT molecular complexity index is 1030. The van der Waals surface area contributed by atoms with E-state index in [-0.39, 0.29) is 17.5 Å². The molecule has 156 valence electrons. The number of hydrogen-bond acceptors (Lipinski definition) is 5. The number of nitrogens with one attached hydrogen (secondary N) is 2. The van der Waals surface area contributed by atoms with Crippen LogP contribution in [0, 0.1) is 13.8 Å². The first-order valence-electron chi connectivity index (χ1n) is 10.1. The van der Waals surface area contributed by atoms with E-state index in [1.807, 2.05) is 38.1 Å². The van der Waals surface area contributed by atoms with E-state index in [2.05, 4.69) is 15.5 Å². The molecule has 2 N–H and O–H groups in total. The molecule has 0 radical (unpaired) electrons. The van der Waals surface area contributed by atoms with Crippen LogP contribution in [0.1, 0.15) is 41.3 Å². The first-order chi connectivity index (χ1) is 14.3. The Balaban J connectivity index is 1.44. The normalized spacial score (nSPS) is 18.2. The standard InChI is InChI=1S/C23H25N3O4/c1-13-6-8-17(14(2)11-13)24-21(27)15(3)30-23(29)16-7-9-19-18(12-16)25-22(28)20-5-4-10-26(19)20/h6-9,11-12,15,20H,4-5,10H2,1-3H3,(H,24,27)(H,25,28)/t15-,20+/m0/s1. The largest absolute Gasteiger partial charge is 0.449 e. The summed E-state index contributed by atoms with van der Waals surface area (Å²) < 4.78 is 5.36. The van der Waals surface area contributed by atoms with Crippen molar-refractivity contribution in [1.82, 2.24) is 0 Å². The number of hydrogen-bond donors (Lipinski definition) is 2. The van der Waals surface area contributed by atoms with Crippen molar-refractivity contribution in [2.45, 2.75) is 45.8 Å². The van der Waals surface area contributed by atoms with Gasteiger partial charge in [-0.25, -0.2) is 4.79 Å². The molecule has 0 aromatic heterocycles. The highest BCUT2D eigenvalue weighted by molar-refractivity contribution is 6.06. The summed E-state index contributed by atoms with van der Waals surface area (Å²) in [5.74, 6) is -1.06. The number of fused-ring (bicyclic) bond motifs is 3. The van der Waals surface area contributed by atoms with E-state index in [1.165, 1.54) is 6.92 Å². The maximum atomic E-state index is 12.6. The summed E-state index contributed by atoms with van der Waals surface area (Å²) in [5, 5.41) is 5.67. The lowest BCUT2D eigenvalue weighted by atomic mass is 10.1. The summed E-state index contributed by atoms with van der Waals surface area (Å²) in [4.78, 5) is 39.4. The molecule has 2 aliphatic heterocycles. The van der Waals surface area contributed by atoms with E-state index in [1.54, 1.807) is 12.1 Å². The second kappa shape index (κ2) is 7.82. The molecule has 2 atom stereocenters. The minimum absolute atomic E-state index is 0.0493. The SMILES string of the molecule is Cc1ccc(NC(=O)[C@H](C)OC(=O)c2ccc3c(c2)NC(=O)[C@H]2CCCN32)c(C)c1. The first-order valence-corrected chi connectivity index (χ1v) is 10.1. The van der Waals surface area contributed by atoms with E-state index < -0.39 is 18.0 Å². The van der Waals surface area contributed by atoms with E-state index >= 15 is 0 Å². The van der Waals surface area contributed by atoms with Crippen LogP contribution in [-0.4, -0.2) is 36.5 Å². The van der Waals surface area contributed by atoms with Gasteiger partial charge in [0, 0.05) is 12.2 Å². The van der Waals surface area contributed by atoms with Gasteiger partial charge in [-0.2, -0.15) is 0 Å². The van der Waals surface area contributed by atoms with Crippen LogP contribution < -0.4 is 15.5 Å². The van der Waals surface area contributed by atoms with Crippen LogP contribution in [0.5, 0.6) is 0 Å². The number of amides is 2. The molecule has 1 fully saturated rings. The Labute approximate surface area is 175 Å². The number of carbonyl (C=O) groups is 3. The first kappa shape index (κ1) is 19.9. The lowest BCUT2D eigenvalue weighted by molar-refractivity contribution is -0.123. The van der Waals surface area contributed by atoms with Crippen LogP contribution in [0.2, 0.25) is 0 Å². The molecule has 4 rings (SSSR count). The van der Waals surface area contributed by atoms with Gasteiger partial charge in [0.25, 0.3) is 5.91 Å². The maximum Gasteiger partial charge on any atom is 0.338 e. The summed E-state index contributed by atoms with van der Waals surface area (Å²) in [6.45, 7) is 6.25. The molecule has 0 aliphatic carbocycles. The minimum atomic E-state index is -0.966. The van der Waals surface area contributed by atoms with Crippen molar-refractivity contribution >= 4 is 34.8 Å². The second-order valence-corrected chi connectivity index (χ2v) is 7.93. The zero-order valence-electron chi connectivity index (χ0n) is 17.3. The third-order valence-electron chi connectivity index (χ3n) is 5.65. The van der Waals surface area contributed by atoms with Gasteiger partial charge in [-0.1, -0.05) is 17.7 Å². The molecule has 7 heteroatoms. The molecule has 2 aliphatic rings. The maximum absolute atomic E-state index is 12.6. The van der Waals surface area contributed by atoms with Crippen LogP contribution in [0.15, 0.2) is 36.4 Å². The quantitative estimate of drug-likeness (QED) is 0.759. The van der Waals surface area contributed by atoms with Gasteiger partial charge in [-0.05, 0) is 63.4 Å². The number of benzene rings is 2. The predicted molar refractivity (Wildman–Crippen MR) is 115 cm³/mol. The van der Waals surface area contributed by atoms with Gasteiger partial charge in [0.15, 0.2) is 6.10 Å². The van der Waals surface area contributed by atoms with Crippen LogP contribution >= 0.6 is 0 Å². The third kappa shape index (κ3) is 3.75. The Morgan fingerprint density at radius 2 is 2.00 bits per heavy atom. The molecule has 2 heterocycles. The smallest absolute Gasteiger partial charge is 0.338 e. The molecule has 0 unspecified atom stereocenters. The number of esters is 1. The summed E-state index contributed by atoms with van der Waals surface area (Å²) in [6.07, 6.45) is 0.836. The number of anilines is 3. The average molecular weight is 407 g/mol. The fraction of sp³-hybridized carbons (Fsp3) is 0.348. The van der Waals surface area contributed by atoms with Gasteiger partial charge in [0.05, 0.1) is 16.9 Å². The second-order valence-electron chi connectivity index (χ2n) is 7.93. The monoisotopic (exact) mass is 407 g/mol. The molecule has 0 saturated carbocycles. The number of nitrogens with zero attached hydrogens (tertiary/aromatic N) is 1. The number of aryl methyl sites for hydroxylation is 2. The molecule has 2 aromatic rings. The van der Waals surface area contributed by atoms with E-state index in [0.29, 0.717) is 11.4 Å². The van der Waals surface area contributed by atoms with Crippen molar-refractivity contribution < 1.29 is 19.1 Å². The van der Waals surface area contributed by atoms with Gasteiger partial charge in [-0.3, -0.25) is 9.59 Å². The zero-order chi connectivity index (χ0) is 21.4. The molecule has 2 aromatic carbocycles. The minimum Gasteiger partial charge on any atom is -0.449 e. The van der Waals surface area contributed by atoms with E-state index in [9.17, 15) is 14.4 Å². The van der Waals surface area contributed by atoms with Gasteiger partial charge < -0.3 is 20.3 Å². The number of ether oxygens (including phenoxy) is 1. The van der Waals surface area contributed by atoms with Crippen molar-refractivity contribution in [3.05, 3.63) is 53.1 Å². The Morgan fingerprint density at radius 3 is 2.77 bits per heavy atom. The lowest BCUT2D eigenvalue weighted by Gasteiger charge is -2.33. The molecule has 0 spiro atoms. The molecule has 7 nitrogen and oxygen atoms in total. The van der Waals surface area contributed by atoms with Gasteiger partial charge in [-0.15, -0.1) is 0 Å². The number of carbonyl (C=O) groups excluding carboxylic acids is 3. The zero-order valence-corrected chi connectivity index (χ0v) is 17.3. The van der Waals surface area contributed by atoms with Gasteiger partial charge >= 0.3 is 5.97 Å². The molecule has 2 amide bonds. The van der Waals surface area contributed by atoms with Crippen molar-refractivity contribution in [3.8, 4) is 0 Å². The summed E-state index contributed by atoms with van der Waals surface area (Å²) in [5.41, 5.74) is 4.52. The van der Waals surface area contributed by atoms with Crippen LogP contribution in [0.3, 0.4) is 0 Å². The molecular weight excluding hydrogens is 382 g/mol. The van der Waals surface area contributed by atoms with Crippen LogP contribution in [0.4, 0.5) is 17.1 Å². The Hall–Kier alpha value is -3.35. The molecule has 1 saturated heterocycles. The lowest BCUT2D eigenvalue weighted by Crippen LogP contribution is -2.43. The third-order valence-corrected chi connectivity index (χ3v) is 5.65. The van der Waals surface area contributed by atoms with Crippen molar-refractivity contribution in [2.24, 2.45) is 0 Å². The van der Waals surface area contributed by atoms with Gasteiger partial charge in [0.2, 0.25) is 5.91 Å².